The predicted octanol–water partition coefficient (Wildman–Crippen LogP) is 2.82. The van der Waals surface area contributed by atoms with E-state index in [0.717, 1.165) is 74.4 Å². The highest BCUT2D eigenvalue weighted by Crippen LogP contribution is 2.29. The molecule has 2 aliphatic heterocycles. The Morgan fingerprint density at radius 1 is 1.31 bits per heavy atom. The van der Waals surface area contributed by atoms with Crippen LogP contribution in [0, 0.1) is 6.92 Å². The molecule has 29 heavy (non-hydrogen) atoms. The van der Waals surface area contributed by atoms with Gasteiger partial charge in [0.05, 0.1) is 30.7 Å². The van der Waals surface area contributed by atoms with Gasteiger partial charge in [0.1, 0.15) is 6.26 Å². The molecule has 2 aromatic rings. The van der Waals surface area contributed by atoms with Crippen molar-refractivity contribution in [3.8, 4) is 0 Å². The quantitative estimate of drug-likeness (QED) is 0.530. The Bertz CT molecular complexity index is 808. The first-order valence-electron chi connectivity index (χ1n) is 10.3. The topological polar surface area (TPSA) is 71.7 Å². The minimum Gasteiger partial charge on any atom is -0.472 e. The lowest BCUT2D eigenvalue weighted by molar-refractivity contribution is 0.0410. The van der Waals surface area contributed by atoms with Crippen LogP contribution in [0.25, 0.3) is 0 Å². The maximum absolute atomic E-state index is 12.7. The van der Waals surface area contributed by atoms with Crippen LogP contribution in [0.4, 0.5) is 0 Å². The average Bonchev–Trinajstić information content (AvgIpc) is 3.30. The fourth-order valence-corrected chi connectivity index (χ4v) is 4.79. The van der Waals surface area contributed by atoms with Gasteiger partial charge in [0, 0.05) is 50.6 Å². The Hall–Kier alpha value is -1.90. The number of carbonyl (C=O) groups is 1. The zero-order valence-corrected chi connectivity index (χ0v) is 17.7. The van der Waals surface area contributed by atoms with E-state index in [-0.39, 0.29) is 11.8 Å². The molecule has 2 saturated heterocycles. The van der Waals surface area contributed by atoms with E-state index >= 15 is 0 Å². The van der Waals surface area contributed by atoms with Crippen molar-refractivity contribution in [1.29, 1.82) is 0 Å². The van der Waals surface area contributed by atoms with Crippen LogP contribution >= 0.6 is 11.8 Å². The van der Waals surface area contributed by atoms with E-state index in [1.165, 1.54) is 6.26 Å². The molecule has 2 aromatic heterocycles. The standard InChI is InChI=1S/C21H28N4O3S/c1-16-13-22-21(29-12-8-24-6-10-27-11-7-24)23-19(16)17-3-2-5-25(14-17)20(26)18-4-9-28-15-18/h4,9,13,15,17H,2-3,5-8,10-12,14H2,1H3/t17-/m0/s1. The molecular formula is C21H28N4O3S. The molecule has 0 N–H and O–H groups in total. The van der Waals surface area contributed by atoms with Crippen LogP contribution < -0.4 is 0 Å². The van der Waals surface area contributed by atoms with Gasteiger partial charge in [0.25, 0.3) is 5.91 Å². The second kappa shape index (κ2) is 9.73. The minimum atomic E-state index is 0.0373. The lowest BCUT2D eigenvalue weighted by atomic mass is 9.92. The minimum absolute atomic E-state index is 0.0373. The maximum Gasteiger partial charge on any atom is 0.257 e. The summed E-state index contributed by atoms with van der Waals surface area (Å²) < 4.78 is 10.5. The zero-order chi connectivity index (χ0) is 20.1. The highest BCUT2D eigenvalue weighted by Gasteiger charge is 2.28. The normalized spacial score (nSPS) is 20.7. The van der Waals surface area contributed by atoms with Gasteiger partial charge in [-0.15, -0.1) is 0 Å². The van der Waals surface area contributed by atoms with Crippen molar-refractivity contribution in [2.75, 3.05) is 51.7 Å². The molecule has 0 unspecified atom stereocenters. The van der Waals surface area contributed by atoms with Crippen molar-refractivity contribution < 1.29 is 13.9 Å². The van der Waals surface area contributed by atoms with E-state index in [9.17, 15) is 4.79 Å². The molecule has 4 rings (SSSR count). The first kappa shape index (κ1) is 20.4. The monoisotopic (exact) mass is 416 g/mol. The van der Waals surface area contributed by atoms with Crippen molar-refractivity contribution in [2.45, 2.75) is 30.8 Å². The van der Waals surface area contributed by atoms with E-state index in [1.54, 1.807) is 24.1 Å². The molecule has 0 spiro atoms. The van der Waals surface area contributed by atoms with Crippen LogP contribution in [-0.4, -0.2) is 77.4 Å². The van der Waals surface area contributed by atoms with Gasteiger partial charge < -0.3 is 14.1 Å². The SMILES string of the molecule is Cc1cnc(SCCN2CCOCC2)nc1[C@H]1CCCN(C(=O)c2ccoc2)C1. The Labute approximate surface area is 175 Å². The summed E-state index contributed by atoms with van der Waals surface area (Å²) in [7, 11) is 0. The van der Waals surface area contributed by atoms with Crippen molar-refractivity contribution in [1.82, 2.24) is 19.8 Å². The zero-order valence-electron chi connectivity index (χ0n) is 16.9. The molecule has 8 heteroatoms. The van der Waals surface area contributed by atoms with Crippen molar-refractivity contribution in [2.24, 2.45) is 0 Å². The van der Waals surface area contributed by atoms with E-state index in [2.05, 4.69) is 16.8 Å². The molecule has 156 valence electrons. The Morgan fingerprint density at radius 2 is 2.17 bits per heavy atom. The summed E-state index contributed by atoms with van der Waals surface area (Å²) >= 11 is 1.71. The molecule has 2 fully saturated rings. The van der Waals surface area contributed by atoms with Gasteiger partial charge in [0.2, 0.25) is 0 Å². The largest absolute Gasteiger partial charge is 0.472 e. The summed E-state index contributed by atoms with van der Waals surface area (Å²) in [6.07, 6.45) is 7.02. The summed E-state index contributed by atoms with van der Waals surface area (Å²) in [5.41, 5.74) is 2.80. The molecule has 7 nitrogen and oxygen atoms in total. The van der Waals surface area contributed by atoms with Gasteiger partial charge in [-0.3, -0.25) is 9.69 Å². The Balaban J connectivity index is 1.38. The van der Waals surface area contributed by atoms with Gasteiger partial charge in [-0.2, -0.15) is 0 Å². The van der Waals surface area contributed by atoms with Crippen LogP contribution in [0.5, 0.6) is 0 Å². The molecule has 2 aliphatic rings. The fourth-order valence-electron chi connectivity index (χ4n) is 3.97. The lowest BCUT2D eigenvalue weighted by Crippen LogP contribution is -2.39. The number of aryl methyl sites for hydroxylation is 1. The van der Waals surface area contributed by atoms with Gasteiger partial charge in [-0.1, -0.05) is 11.8 Å². The number of rotatable bonds is 6. The van der Waals surface area contributed by atoms with Gasteiger partial charge in [-0.25, -0.2) is 9.97 Å². The van der Waals surface area contributed by atoms with Gasteiger partial charge in [-0.05, 0) is 31.4 Å². The molecule has 0 bridgehead atoms. The number of hydrogen-bond donors (Lipinski definition) is 0. The number of furan rings is 1. The van der Waals surface area contributed by atoms with Crippen molar-refractivity contribution >= 4 is 17.7 Å². The second-order valence-electron chi connectivity index (χ2n) is 7.63. The van der Waals surface area contributed by atoms with E-state index < -0.39 is 0 Å². The third-order valence-electron chi connectivity index (χ3n) is 5.59. The second-order valence-corrected chi connectivity index (χ2v) is 8.69. The van der Waals surface area contributed by atoms with Crippen LogP contribution in [0.3, 0.4) is 0 Å². The molecule has 0 saturated carbocycles. The van der Waals surface area contributed by atoms with Crippen LogP contribution in [-0.2, 0) is 4.74 Å². The number of ether oxygens (including phenoxy) is 1. The number of hydrogen-bond acceptors (Lipinski definition) is 7. The summed E-state index contributed by atoms with van der Waals surface area (Å²) in [5, 5.41) is 0.831. The van der Waals surface area contributed by atoms with Crippen LogP contribution in [0.2, 0.25) is 0 Å². The number of nitrogens with zero attached hydrogens (tertiary/aromatic N) is 4. The number of likely N-dealkylation sites (tertiary alicyclic amines) is 1. The third kappa shape index (κ3) is 5.18. The van der Waals surface area contributed by atoms with Gasteiger partial charge >= 0.3 is 0 Å². The number of thioether (sulfide) groups is 1. The summed E-state index contributed by atoms with van der Waals surface area (Å²) in [5.74, 6) is 1.26. The molecule has 0 aromatic carbocycles. The first-order valence-corrected chi connectivity index (χ1v) is 11.3. The molecule has 4 heterocycles. The fraction of sp³-hybridized carbons (Fsp3) is 0.571. The molecular weight excluding hydrogens is 388 g/mol. The third-order valence-corrected chi connectivity index (χ3v) is 6.44. The average molecular weight is 417 g/mol. The number of carbonyl (C=O) groups excluding carboxylic acids is 1. The summed E-state index contributed by atoms with van der Waals surface area (Å²) in [6, 6.07) is 1.73. The van der Waals surface area contributed by atoms with E-state index in [1.807, 2.05) is 11.1 Å². The summed E-state index contributed by atoms with van der Waals surface area (Å²) in [4.78, 5) is 26.5. The number of morpholine rings is 1. The molecule has 0 aliphatic carbocycles. The van der Waals surface area contributed by atoms with E-state index in [0.29, 0.717) is 12.1 Å². The van der Waals surface area contributed by atoms with Gasteiger partial charge in [0.15, 0.2) is 5.16 Å². The summed E-state index contributed by atoms with van der Waals surface area (Å²) in [6.45, 7) is 8.22. The predicted molar refractivity (Wildman–Crippen MR) is 111 cm³/mol. The molecule has 1 atom stereocenters. The highest BCUT2D eigenvalue weighted by atomic mass is 32.2. The smallest absolute Gasteiger partial charge is 0.257 e. The molecule has 1 amide bonds. The molecule has 0 radical (unpaired) electrons. The Kier molecular flexibility index (Phi) is 6.84. The van der Waals surface area contributed by atoms with E-state index in [4.69, 9.17) is 14.1 Å². The van der Waals surface area contributed by atoms with Crippen molar-refractivity contribution in [3.05, 3.63) is 41.6 Å². The lowest BCUT2D eigenvalue weighted by Gasteiger charge is -2.33. The number of amides is 1. The number of piperidine rings is 1. The van der Waals surface area contributed by atoms with Crippen molar-refractivity contribution in [3.63, 3.8) is 0 Å². The van der Waals surface area contributed by atoms with Crippen LogP contribution in [0.15, 0.2) is 34.4 Å². The van der Waals surface area contributed by atoms with Crippen LogP contribution in [0.1, 0.15) is 40.4 Å². The number of aromatic nitrogens is 2. The Morgan fingerprint density at radius 3 is 2.97 bits per heavy atom. The maximum atomic E-state index is 12.7. The highest BCUT2D eigenvalue weighted by molar-refractivity contribution is 7.99. The first-order chi connectivity index (χ1) is 14.2.